The van der Waals surface area contributed by atoms with Gasteiger partial charge in [-0.3, -0.25) is 0 Å². The van der Waals surface area contributed by atoms with Gasteiger partial charge in [-0.15, -0.1) is 0 Å². The summed E-state index contributed by atoms with van der Waals surface area (Å²) in [4.78, 5) is 11.4. The second-order valence-corrected chi connectivity index (χ2v) is 9.57. The summed E-state index contributed by atoms with van der Waals surface area (Å²) in [6, 6.07) is 8.77. The third-order valence-electron chi connectivity index (χ3n) is 3.63. The zero-order chi connectivity index (χ0) is 19.5. The Balaban J connectivity index is 2.41. The molecule has 0 bridgehead atoms. The van der Waals surface area contributed by atoms with Crippen molar-refractivity contribution in [3.63, 3.8) is 0 Å². The van der Waals surface area contributed by atoms with Gasteiger partial charge in [0.25, 0.3) is 0 Å². The number of hydrogen-bond acceptors (Lipinski definition) is 5. The van der Waals surface area contributed by atoms with E-state index >= 15 is 0 Å². The molecule has 2 aromatic carbocycles. The predicted molar refractivity (Wildman–Crippen MR) is 96.5 cm³/mol. The summed E-state index contributed by atoms with van der Waals surface area (Å²) in [6.07, 6.45) is 0. The number of nitrogens with one attached hydrogen (secondary N) is 2. The molecule has 0 saturated heterocycles. The van der Waals surface area contributed by atoms with Crippen LogP contribution in [0.15, 0.2) is 36.4 Å². The van der Waals surface area contributed by atoms with Crippen LogP contribution in [-0.2, 0) is 12.4 Å². The van der Waals surface area contributed by atoms with Crippen molar-refractivity contribution in [2.45, 2.75) is 26.7 Å². The standard InChI is InChI=1S/C17H20AsFN2O5/c1-10(2)14-8-12(5-7-16(14)19)21-13-4-6-15(18(23,24)26-25)17(9-13)20-11(3)22/h4-10,21,25H,1-3H3,(H,20,22)(H,23,24). The van der Waals surface area contributed by atoms with Crippen molar-refractivity contribution in [1.29, 1.82) is 0 Å². The Hall–Kier alpha value is -2.12. The predicted octanol–water partition coefficient (Wildman–Crippen LogP) is 2.71. The molecule has 1 amide bonds. The molecule has 0 aromatic heterocycles. The summed E-state index contributed by atoms with van der Waals surface area (Å²) in [5.74, 6) is -0.761. The number of anilines is 3. The number of hydrogen-bond donors (Lipinski definition) is 4. The molecule has 0 aliphatic carbocycles. The molecule has 0 aliphatic heterocycles. The van der Waals surface area contributed by atoms with E-state index in [2.05, 4.69) is 14.5 Å². The Kier molecular flexibility index (Phi) is 6.25. The first-order valence-corrected chi connectivity index (χ1v) is 11.1. The van der Waals surface area contributed by atoms with Crippen molar-refractivity contribution < 1.29 is 26.2 Å². The molecule has 0 aliphatic rings. The third-order valence-corrected chi connectivity index (χ3v) is 6.19. The Morgan fingerprint density at radius 3 is 2.38 bits per heavy atom. The third kappa shape index (κ3) is 4.74. The molecule has 26 heavy (non-hydrogen) atoms. The zero-order valence-electron chi connectivity index (χ0n) is 14.5. The minimum absolute atomic E-state index is 0.00124. The van der Waals surface area contributed by atoms with E-state index in [0.29, 0.717) is 16.9 Å². The molecular formula is C17H20AsFN2O5. The number of amides is 1. The van der Waals surface area contributed by atoms with E-state index < -0.39 is 20.1 Å². The first kappa shape index (κ1) is 20.2. The van der Waals surface area contributed by atoms with Gasteiger partial charge >= 0.3 is 153 Å². The monoisotopic (exact) mass is 426 g/mol. The molecule has 7 nitrogen and oxygen atoms in total. The fraction of sp³-hybridized carbons (Fsp3) is 0.235. The Morgan fingerprint density at radius 1 is 1.19 bits per heavy atom. The van der Waals surface area contributed by atoms with Crippen LogP contribution in [0, 0.1) is 5.82 Å². The summed E-state index contributed by atoms with van der Waals surface area (Å²) in [6.45, 7) is 5.00. The van der Waals surface area contributed by atoms with Crippen LogP contribution >= 0.6 is 0 Å². The van der Waals surface area contributed by atoms with Gasteiger partial charge in [-0.2, -0.15) is 0 Å². The zero-order valence-corrected chi connectivity index (χ0v) is 16.4. The summed E-state index contributed by atoms with van der Waals surface area (Å²) in [5, 5.41) is 14.2. The summed E-state index contributed by atoms with van der Waals surface area (Å²) < 4.78 is 39.0. The average Bonchev–Trinajstić information content (AvgIpc) is 2.56. The fourth-order valence-corrected chi connectivity index (χ4v) is 4.05. The SMILES string of the molecule is CC(=O)Nc1cc(Nc2ccc(F)c(C(C)C)c2)ccc1[As](=O)(O)OO. The van der Waals surface area contributed by atoms with Gasteiger partial charge in [0, 0.05) is 0 Å². The molecular weight excluding hydrogens is 406 g/mol. The van der Waals surface area contributed by atoms with Gasteiger partial charge in [0.05, 0.1) is 0 Å². The molecule has 1 unspecified atom stereocenters. The van der Waals surface area contributed by atoms with Crippen LogP contribution in [-0.4, -0.2) is 29.4 Å². The van der Waals surface area contributed by atoms with Crippen molar-refractivity contribution in [2.75, 3.05) is 10.6 Å². The number of rotatable bonds is 6. The second-order valence-electron chi connectivity index (χ2n) is 6.03. The molecule has 2 aromatic rings. The van der Waals surface area contributed by atoms with Crippen molar-refractivity contribution in [2.24, 2.45) is 0 Å². The molecule has 0 spiro atoms. The van der Waals surface area contributed by atoms with Crippen LogP contribution in [0.5, 0.6) is 0 Å². The van der Waals surface area contributed by atoms with Crippen LogP contribution in [0.1, 0.15) is 32.3 Å². The molecule has 2 rings (SSSR count). The van der Waals surface area contributed by atoms with Crippen molar-refractivity contribution in [3.05, 3.63) is 47.8 Å². The first-order valence-electron chi connectivity index (χ1n) is 7.78. The molecule has 4 N–H and O–H groups in total. The van der Waals surface area contributed by atoms with Crippen molar-refractivity contribution in [3.8, 4) is 0 Å². The van der Waals surface area contributed by atoms with Gasteiger partial charge in [0.1, 0.15) is 0 Å². The summed E-state index contributed by atoms with van der Waals surface area (Å²) >= 11 is -5.17. The molecule has 140 valence electrons. The Bertz CT molecular complexity index is 872. The maximum absolute atomic E-state index is 13.8. The summed E-state index contributed by atoms with van der Waals surface area (Å²) in [7, 11) is 0. The van der Waals surface area contributed by atoms with Crippen LogP contribution in [0.4, 0.5) is 21.5 Å². The average molecular weight is 426 g/mol. The minimum atomic E-state index is -5.17. The van der Waals surface area contributed by atoms with Gasteiger partial charge in [0.2, 0.25) is 0 Å². The molecule has 0 radical (unpaired) electrons. The van der Waals surface area contributed by atoms with Crippen molar-refractivity contribution in [1.82, 2.24) is 0 Å². The number of benzene rings is 2. The van der Waals surface area contributed by atoms with Gasteiger partial charge in [0.15, 0.2) is 0 Å². The molecule has 9 heteroatoms. The molecule has 1 atom stereocenters. The molecule has 0 fully saturated rings. The van der Waals surface area contributed by atoms with E-state index in [-0.39, 0.29) is 21.8 Å². The van der Waals surface area contributed by atoms with Crippen LogP contribution in [0.25, 0.3) is 0 Å². The maximum atomic E-state index is 13.8. The van der Waals surface area contributed by atoms with Crippen LogP contribution < -0.4 is 15.0 Å². The number of carbonyl (C=O) groups is 1. The van der Waals surface area contributed by atoms with E-state index in [1.807, 2.05) is 13.8 Å². The topological polar surface area (TPSA) is 108 Å². The van der Waals surface area contributed by atoms with Gasteiger partial charge < -0.3 is 0 Å². The van der Waals surface area contributed by atoms with E-state index in [4.69, 9.17) is 5.26 Å². The quantitative estimate of drug-likeness (QED) is 0.322. The van der Waals surface area contributed by atoms with Crippen LogP contribution in [0.2, 0.25) is 0 Å². The number of halogens is 1. The van der Waals surface area contributed by atoms with E-state index in [1.165, 1.54) is 31.2 Å². The molecule has 0 saturated carbocycles. The van der Waals surface area contributed by atoms with E-state index in [9.17, 15) is 17.0 Å². The normalized spacial score (nSPS) is 13.3. The van der Waals surface area contributed by atoms with E-state index in [1.54, 1.807) is 12.1 Å². The Morgan fingerprint density at radius 2 is 1.81 bits per heavy atom. The van der Waals surface area contributed by atoms with Gasteiger partial charge in [-0.1, -0.05) is 0 Å². The Labute approximate surface area is 153 Å². The second kappa shape index (κ2) is 8.05. The summed E-state index contributed by atoms with van der Waals surface area (Å²) in [5.41, 5.74) is 1.69. The van der Waals surface area contributed by atoms with Gasteiger partial charge in [-0.25, -0.2) is 0 Å². The first-order chi connectivity index (χ1) is 12.1. The van der Waals surface area contributed by atoms with Gasteiger partial charge in [-0.05, 0) is 0 Å². The molecule has 0 heterocycles. The fourth-order valence-electron chi connectivity index (χ4n) is 2.42. The number of carbonyl (C=O) groups excluding carboxylic acids is 1. The van der Waals surface area contributed by atoms with Crippen molar-refractivity contribution >= 4 is 41.5 Å². The van der Waals surface area contributed by atoms with E-state index in [0.717, 1.165) is 0 Å². The van der Waals surface area contributed by atoms with Crippen LogP contribution in [0.3, 0.4) is 0 Å².